The number of imidazole rings is 1. The van der Waals surface area contributed by atoms with Crippen molar-refractivity contribution in [2.24, 2.45) is 0 Å². The molecule has 30 heavy (non-hydrogen) atoms. The Kier molecular flexibility index (Phi) is 5.02. The van der Waals surface area contributed by atoms with Gasteiger partial charge in [0.2, 0.25) is 0 Å². The predicted octanol–water partition coefficient (Wildman–Crippen LogP) is 5.15. The fourth-order valence-corrected chi connectivity index (χ4v) is 3.48. The Hall–Kier alpha value is -3.28. The van der Waals surface area contributed by atoms with E-state index in [1.165, 1.54) is 0 Å². The molecule has 0 bridgehead atoms. The summed E-state index contributed by atoms with van der Waals surface area (Å²) in [6.07, 6.45) is 2.97. The molecule has 6 heteroatoms. The zero-order chi connectivity index (χ0) is 21.5. The van der Waals surface area contributed by atoms with Crippen LogP contribution in [-0.2, 0) is 0 Å². The van der Waals surface area contributed by atoms with Crippen molar-refractivity contribution in [2.75, 3.05) is 11.9 Å². The van der Waals surface area contributed by atoms with E-state index in [-0.39, 0.29) is 11.1 Å². The summed E-state index contributed by atoms with van der Waals surface area (Å²) in [5.74, 6) is 1.60. The summed E-state index contributed by atoms with van der Waals surface area (Å²) in [5.41, 5.74) is 3.56. The van der Waals surface area contributed by atoms with Crippen LogP contribution in [0.5, 0.6) is 5.75 Å². The molecule has 0 spiro atoms. The first-order valence-corrected chi connectivity index (χ1v) is 10.4. The predicted molar refractivity (Wildman–Crippen MR) is 123 cm³/mol. The largest absolute Gasteiger partial charge is 0.494 e. The van der Waals surface area contributed by atoms with Gasteiger partial charge in [0.1, 0.15) is 22.9 Å². The lowest BCUT2D eigenvalue weighted by Gasteiger charge is -2.26. The Bertz CT molecular complexity index is 1280. The van der Waals surface area contributed by atoms with Crippen LogP contribution in [0.3, 0.4) is 0 Å². The smallest absolute Gasteiger partial charge is 0.258 e. The van der Waals surface area contributed by atoms with Crippen molar-refractivity contribution in [3.8, 4) is 17.0 Å². The summed E-state index contributed by atoms with van der Waals surface area (Å²) in [6, 6.07) is 11.6. The second kappa shape index (κ2) is 7.52. The van der Waals surface area contributed by atoms with E-state index in [0.29, 0.717) is 17.9 Å². The molecule has 0 saturated carbocycles. The van der Waals surface area contributed by atoms with Gasteiger partial charge in [0.05, 0.1) is 12.2 Å². The van der Waals surface area contributed by atoms with Gasteiger partial charge in [-0.15, -0.1) is 0 Å². The molecular formula is C24H28N4O2. The molecule has 0 fully saturated rings. The minimum absolute atomic E-state index is 0.153. The number of fused-ring (bicyclic) bond motifs is 2. The van der Waals surface area contributed by atoms with E-state index in [4.69, 9.17) is 9.72 Å². The normalized spacial score (nSPS) is 11.9. The third-order valence-electron chi connectivity index (χ3n) is 5.49. The van der Waals surface area contributed by atoms with Gasteiger partial charge in [-0.3, -0.25) is 9.20 Å². The highest BCUT2D eigenvalue weighted by molar-refractivity contribution is 5.87. The average molecular weight is 405 g/mol. The number of rotatable bonds is 6. The van der Waals surface area contributed by atoms with Crippen LogP contribution in [0.25, 0.3) is 27.8 Å². The maximum Gasteiger partial charge on any atom is 0.258 e. The SMILES string of the molecule is CCOc1ccc2[nH]c(=O)c(-c3nc4ccc(C)cn4c3NC(C)(C)CC)cc2c1. The second-order valence-electron chi connectivity index (χ2n) is 8.30. The third-order valence-corrected chi connectivity index (χ3v) is 5.49. The van der Waals surface area contributed by atoms with Crippen molar-refractivity contribution in [1.82, 2.24) is 14.4 Å². The Morgan fingerprint density at radius 2 is 1.97 bits per heavy atom. The quantitative estimate of drug-likeness (QED) is 0.466. The molecule has 2 N–H and O–H groups in total. The van der Waals surface area contributed by atoms with Crippen LogP contribution in [0.15, 0.2) is 47.4 Å². The van der Waals surface area contributed by atoms with Crippen LogP contribution in [-0.4, -0.2) is 26.5 Å². The van der Waals surface area contributed by atoms with Crippen LogP contribution in [0, 0.1) is 6.92 Å². The molecule has 6 nitrogen and oxygen atoms in total. The summed E-state index contributed by atoms with van der Waals surface area (Å²) in [6.45, 7) is 11.0. The van der Waals surface area contributed by atoms with Gasteiger partial charge in [-0.2, -0.15) is 0 Å². The third kappa shape index (κ3) is 3.65. The molecule has 4 aromatic rings. The number of hydrogen-bond donors (Lipinski definition) is 2. The van der Waals surface area contributed by atoms with E-state index < -0.39 is 0 Å². The molecule has 0 saturated heterocycles. The molecule has 156 valence electrons. The first-order chi connectivity index (χ1) is 14.3. The topological polar surface area (TPSA) is 71.4 Å². The lowest BCUT2D eigenvalue weighted by Crippen LogP contribution is -2.30. The minimum Gasteiger partial charge on any atom is -0.494 e. The average Bonchev–Trinajstić information content (AvgIpc) is 3.05. The summed E-state index contributed by atoms with van der Waals surface area (Å²) in [7, 11) is 0. The summed E-state index contributed by atoms with van der Waals surface area (Å²) in [5, 5.41) is 4.52. The molecular weight excluding hydrogens is 376 g/mol. The molecule has 0 atom stereocenters. The van der Waals surface area contributed by atoms with E-state index in [0.717, 1.165) is 40.1 Å². The fraction of sp³-hybridized carbons (Fsp3) is 0.333. The van der Waals surface area contributed by atoms with Crippen LogP contribution in [0.2, 0.25) is 0 Å². The zero-order valence-corrected chi connectivity index (χ0v) is 18.2. The Balaban J connectivity index is 1.96. The molecule has 1 aromatic carbocycles. The second-order valence-corrected chi connectivity index (χ2v) is 8.30. The van der Waals surface area contributed by atoms with Crippen LogP contribution in [0.1, 0.15) is 39.7 Å². The van der Waals surface area contributed by atoms with Crippen LogP contribution < -0.4 is 15.6 Å². The lowest BCUT2D eigenvalue weighted by molar-refractivity contribution is 0.340. The number of ether oxygens (including phenoxy) is 1. The van der Waals surface area contributed by atoms with E-state index >= 15 is 0 Å². The molecule has 0 amide bonds. The number of H-pyrrole nitrogens is 1. The highest BCUT2D eigenvalue weighted by atomic mass is 16.5. The number of nitrogens with one attached hydrogen (secondary N) is 2. The van der Waals surface area contributed by atoms with Gasteiger partial charge in [0, 0.05) is 22.6 Å². The molecule has 0 unspecified atom stereocenters. The van der Waals surface area contributed by atoms with Gasteiger partial charge in [0.15, 0.2) is 0 Å². The molecule has 0 aliphatic heterocycles. The molecule has 3 heterocycles. The number of aromatic amines is 1. The van der Waals surface area contributed by atoms with E-state index in [9.17, 15) is 4.79 Å². The number of pyridine rings is 2. The number of nitrogens with zero attached hydrogens (tertiary/aromatic N) is 2. The standard InChI is InChI=1S/C24H28N4O2/c1-6-24(4,5)27-22-21(26-20-11-8-15(3)14-28(20)22)18-13-16-12-17(30-7-2)9-10-19(16)25-23(18)29/h8-14,27H,6-7H2,1-5H3,(H,25,29). The maximum atomic E-state index is 13.0. The monoisotopic (exact) mass is 404 g/mol. The van der Waals surface area contributed by atoms with E-state index in [1.807, 2.05) is 60.8 Å². The number of benzene rings is 1. The van der Waals surface area contributed by atoms with Gasteiger partial charge in [-0.1, -0.05) is 13.0 Å². The molecule has 0 radical (unpaired) electrons. The number of aryl methyl sites for hydroxylation is 1. The van der Waals surface area contributed by atoms with Gasteiger partial charge in [-0.05, 0) is 70.0 Å². The van der Waals surface area contributed by atoms with Crippen molar-refractivity contribution in [2.45, 2.75) is 46.6 Å². The van der Waals surface area contributed by atoms with Crippen LogP contribution >= 0.6 is 0 Å². The van der Waals surface area contributed by atoms with Crippen molar-refractivity contribution < 1.29 is 4.74 Å². The van der Waals surface area contributed by atoms with Crippen molar-refractivity contribution in [1.29, 1.82) is 0 Å². The van der Waals surface area contributed by atoms with Gasteiger partial charge in [-0.25, -0.2) is 4.98 Å². The molecule has 0 aliphatic carbocycles. The van der Waals surface area contributed by atoms with Crippen molar-refractivity contribution >= 4 is 22.4 Å². The zero-order valence-electron chi connectivity index (χ0n) is 18.2. The first-order valence-electron chi connectivity index (χ1n) is 10.4. The Labute approximate surface area is 175 Å². The fourth-order valence-electron chi connectivity index (χ4n) is 3.48. The Morgan fingerprint density at radius 1 is 1.17 bits per heavy atom. The number of aromatic nitrogens is 3. The van der Waals surface area contributed by atoms with E-state index in [2.05, 4.69) is 31.1 Å². The summed E-state index contributed by atoms with van der Waals surface area (Å²) in [4.78, 5) is 20.8. The highest BCUT2D eigenvalue weighted by Gasteiger charge is 2.23. The number of hydrogen-bond acceptors (Lipinski definition) is 4. The van der Waals surface area contributed by atoms with Gasteiger partial charge >= 0.3 is 0 Å². The first kappa shape index (κ1) is 20.0. The van der Waals surface area contributed by atoms with Gasteiger partial charge in [0.25, 0.3) is 5.56 Å². The van der Waals surface area contributed by atoms with E-state index in [1.54, 1.807) is 0 Å². The molecule has 0 aliphatic rings. The van der Waals surface area contributed by atoms with Crippen molar-refractivity contribution in [3.05, 3.63) is 58.5 Å². The van der Waals surface area contributed by atoms with Gasteiger partial charge < -0.3 is 15.0 Å². The lowest BCUT2D eigenvalue weighted by atomic mass is 10.0. The summed E-state index contributed by atoms with van der Waals surface area (Å²) < 4.78 is 7.66. The summed E-state index contributed by atoms with van der Waals surface area (Å²) >= 11 is 0. The number of anilines is 1. The van der Waals surface area contributed by atoms with Crippen molar-refractivity contribution in [3.63, 3.8) is 0 Å². The van der Waals surface area contributed by atoms with Crippen LogP contribution in [0.4, 0.5) is 5.82 Å². The molecule has 3 aromatic heterocycles. The minimum atomic E-state index is -0.163. The maximum absolute atomic E-state index is 13.0. The highest BCUT2D eigenvalue weighted by Crippen LogP contribution is 2.32. The Morgan fingerprint density at radius 3 is 2.70 bits per heavy atom. The molecule has 4 rings (SSSR count).